The van der Waals surface area contributed by atoms with Crippen LogP contribution in [-0.2, 0) is 17.8 Å². The predicted molar refractivity (Wildman–Crippen MR) is 113 cm³/mol. The summed E-state index contributed by atoms with van der Waals surface area (Å²) in [5, 5.41) is 3.52. The summed E-state index contributed by atoms with van der Waals surface area (Å²) in [5.74, 6) is 1.28. The number of likely N-dealkylation sites (N-methyl/N-ethyl adjacent to an activating group) is 1. The molecule has 0 radical (unpaired) electrons. The lowest BCUT2D eigenvalue weighted by molar-refractivity contribution is -0.125. The molecule has 1 atom stereocenters. The van der Waals surface area contributed by atoms with Crippen molar-refractivity contribution in [1.82, 2.24) is 20.2 Å². The molecule has 1 amide bonds. The minimum atomic E-state index is -0.359. The molecule has 0 bridgehead atoms. The van der Waals surface area contributed by atoms with Gasteiger partial charge in [0.25, 0.3) is 5.56 Å². The minimum Gasteiger partial charge on any atom is -0.497 e. The number of nitrogens with one attached hydrogen (secondary N) is 2. The average Bonchev–Trinajstić information content (AvgIpc) is 2.73. The van der Waals surface area contributed by atoms with Crippen molar-refractivity contribution in [1.29, 1.82) is 0 Å². The third-order valence-corrected chi connectivity index (χ3v) is 4.97. The summed E-state index contributed by atoms with van der Waals surface area (Å²) >= 11 is 0. The Hall–Kier alpha value is -3.19. The molecule has 0 spiro atoms. The topological polar surface area (TPSA) is 87.3 Å². The van der Waals surface area contributed by atoms with Gasteiger partial charge in [-0.2, -0.15) is 0 Å². The number of benzene rings is 2. The number of hydrogen-bond acceptors (Lipinski definition) is 5. The SMILES string of the molecule is COc1ccc(CCNC(=O)[C@@H](C)N(C)Cc2nc3ccccc3c(=O)[nH]2)cc1. The summed E-state index contributed by atoms with van der Waals surface area (Å²) in [6.07, 6.45) is 0.742. The molecule has 1 aromatic heterocycles. The van der Waals surface area contributed by atoms with Crippen LogP contribution in [-0.4, -0.2) is 47.5 Å². The van der Waals surface area contributed by atoms with E-state index in [9.17, 15) is 9.59 Å². The van der Waals surface area contributed by atoms with Crippen molar-refractivity contribution >= 4 is 16.8 Å². The number of hydrogen-bond donors (Lipinski definition) is 2. The van der Waals surface area contributed by atoms with Gasteiger partial charge >= 0.3 is 0 Å². The normalized spacial score (nSPS) is 12.1. The van der Waals surface area contributed by atoms with Gasteiger partial charge in [-0.1, -0.05) is 24.3 Å². The molecule has 0 aliphatic heterocycles. The van der Waals surface area contributed by atoms with E-state index in [2.05, 4.69) is 15.3 Å². The Kier molecular flexibility index (Phi) is 6.61. The minimum absolute atomic E-state index is 0.0656. The Labute approximate surface area is 169 Å². The van der Waals surface area contributed by atoms with Gasteiger partial charge in [0.15, 0.2) is 0 Å². The van der Waals surface area contributed by atoms with Crippen LogP contribution in [0.1, 0.15) is 18.3 Å². The predicted octanol–water partition coefficient (Wildman–Crippen LogP) is 2.11. The van der Waals surface area contributed by atoms with Crippen molar-refractivity contribution in [3.05, 3.63) is 70.3 Å². The quantitative estimate of drug-likeness (QED) is 0.611. The van der Waals surface area contributed by atoms with Crippen molar-refractivity contribution in [3.8, 4) is 5.75 Å². The Morgan fingerprint density at radius 3 is 2.66 bits per heavy atom. The molecule has 7 nitrogen and oxygen atoms in total. The van der Waals surface area contributed by atoms with E-state index in [-0.39, 0.29) is 17.5 Å². The van der Waals surface area contributed by atoms with Crippen LogP contribution in [0.15, 0.2) is 53.3 Å². The third-order valence-electron chi connectivity index (χ3n) is 4.97. The smallest absolute Gasteiger partial charge is 0.258 e. The summed E-state index contributed by atoms with van der Waals surface area (Å²) in [5.41, 5.74) is 1.61. The third kappa shape index (κ3) is 5.20. The Morgan fingerprint density at radius 2 is 1.93 bits per heavy atom. The Balaban J connectivity index is 1.54. The number of ether oxygens (including phenoxy) is 1. The highest BCUT2D eigenvalue weighted by Gasteiger charge is 2.18. The van der Waals surface area contributed by atoms with Crippen LogP contribution in [0.5, 0.6) is 5.75 Å². The highest BCUT2D eigenvalue weighted by Crippen LogP contribution is 2.11. The summed E-state index contributed by atoms with van der Waals surface area (Å²) in [6.45, 7) is 2.75. The first-order chi connectivity index (χ1) is 14.0. The highest BCUT2D eigenvalue weighted by atomic mass is 16.5. The van der Waals surface area contributed by atoms with Gasteiger partial charge in [-0.25, -0.2) is 4.98 Å². The lowest BCUT2D eigenvalue weighted by atomic mass is 10.1. The summed E-state index contributed by atoms with van der Waals surface area (Å²) in [6, 6.07) is 14.6. The zero-order valence-corrected chi connectivity index (χ0v) is 16.9. The molecule has 1 heterocycles. The molecule has 0 aliphatic rings. The molecule has 0 saturated carbocycles. The number of methoxy groups -OCH3 is 1. The number of nitrogens with zero attached hydrogens (tertiary/aromatic N) is 2. The van der Waals surface area contributed by atoms with Crippen LogP contribution in [0.3, 0.4) is 0 Å². The molecule has 2 aromatic carbocycles. The van der Waals surface area contributed by atoms with Gasteiger partial charge in [0.2, 0.25) is 5.91 Å². The summed E-state index contributed by atoms with van der Waals surface area (Å²) in [4.78, 5) is 33.8. The van der Waals surface area contributed by atoms with Gasteiger partial charge in [-0.05, 0) is 50.2 Å². The maximum atomic E-state index is 12.5. The Morgan fingerprint density at radius 1 is 1.21 bits per heavy atom. The molecule has 0 unspecified atom stereocenters. The molecule has 0 saturated heterocycles. The van der Waals surface area contributed by atoms with E-state index in [4.69, 9.17) is 4.74 Å². The average molecular weight is 394 g/mol. The van der Waals surface area contributed by atoms with E-state index in [1.54, 1.807) is 13.2 Å². The molecule has 29 heavy (non-hydrogen) atoms. The molecule has 3 rings (SSSR count). The monoisotopic (exact) mass is 394 g/mol. The van der Waals surface area contributed by atoms with E-state index in [1.165, 1.54) is 0 Å². The molecular weight excluding hydrogens is 368 g/mol. The van der Waals surface area contributed by atoms with E-state index in [0.29, 0.717) is 29.8 Å². The van der Waals surface area contributed by atoms with Crippen LogP contribution in [0.2, 0.25) is 0 Å². The number of amides is 1. The van der Waals surface area contributed by atoms with Gasteiger partial charge in [-0.3, -0.25) is 14.5 Å². The Bertz CT molecular complexity index is 1030. The molecule has 0 aliphatic carbocycles. The zero-order valence-electron chi connectivity index (χ0n) is 16.9. The number of aromatic amines is 1. The number of aromatic nitrogens is 2. The lowest BCUT2D eigenvalue weighted by Gasteiger charge is -2.23. The van der Waals surface area contributed by atoms with Gasteiger partial charge in [0.1, 0.15) is 11.6 Å². The fourth-order valence-corrected chi connectivity index (χ4v) is 3.05. The van der Waals surface area contributed by atoms with Crippen molar-refractivity contribution < 1.29 is 9.53 Å². The summed E-state index contributed by atoms with van der Waals surface area (Å²) in [7, 11) is 3.47. The van der Waals surface area contributed by atoms with Gasteiger partial charge in [0, 0.05) is 6.54 Å². The van der Waals surface area contributed by atoms with Gasteiger partial charge < -0.3 is 15.0 Å². The first-order valence-electron chi connectivity index (χ1n) is 9.56. The second-order valence-corrected chi connectivity index (χ2v) is 7.01. The fourth-order valence-electron chi connectivity index (χ4n) is 3.05. The molecule has 0 fully saturated rings. The number of carbonyl (C=O) groups excluding carboxylic acids is 1. The first kappa shape index (κ1) is 20.5. The fraction of sp³-hybridized carbons (Fsp3) is 0.318. The standard InChI is InChI=1S/C22H26N4O3/c1-15(21(27)23-13-12-16-8-10-17(29-3)11-9-16)26(2)14-20-24-19-7-5-4-6-18(19)22(28)25-20/h4-11,15H,12-14H2,1-3H3,(H,23,27)(H,24,25,28)/t15-/m1/s1. The van der Waals surface area contributed by atoms with Crippen LogP contribution >= 0.6 is 0 Å². The largest absolute Gasteiger partial charge is 0.497 e. The molecule has 7 heteroatoms. The number of fused-ring (bicyclic) bond motifs is 1. The summed E-state index contributed by atoms with van der Waals surface area (Å²) < 4.78 is 5.15. The second kappa shape index (κ2) is 9.34. The maximum Gasteiger partial charge on any atom is 0.258 e. The van der Waals surface area contributed by atoms with Gasteiger partial charge in [0.05, 0.1) is 30.6 Å². The lowest BCUT2D eigenvalue weighted by Crippen LogP contribution is -2.43. The van der Waals surface area contributed by atoms with Crippen LogP contribution < -0.4 is 15.6 Å². The maximum absolute atomic E-state index is 12.5. The number of carbonyl (C=O) groups is 1. The number of para-hydroxylation sites is 1. The van der Waals surface area contributed by atoms with Crippen molar-refractivity contribution in [2.24, 2.45) is 0 Å². The van der Waals surface area contributed by atoms with E-state index < -0.39 is 0 Å². The van der Waals surface area contributed by atoms with Crippen molar-refractivity contribution in [2.45, 2.75) is 25.9 Å². The van der Waals surface area contributed by atoms with E-state index in [1.807, 2.05) is 61.3 Å². The van der Waals surface area contributed by atoms with Crippen LogP contribution in [0, 0.1) is 0 Å². The second-order valence-electron chi connectivity index (χ2n) is 7.01. The van der Waals surface area contributed by atoms with Crippen molar-refractivity contribution in [3.63, 3.8) is 0 Å². The number of H-pyrrole nitrogens is 1. The molecule has 152 valence electrons. The van der Waals surface area contributed by atoms with Gasteiger partial charge in [-0.15, -0.1) is 0 Å². The van der Waals surface area contributed by atoms with Crippen molar-refractivity contribution in [2.75, 3.05) is 20.7 Å². The molecule has 2 N–H and O–H groups in total. The zero-order chi connectivity index (χ0) is 20.8. The van der Waals surface area contributed by atoms with E-state index in [0.717, 1.165) is 17.7 Å². The van der Waals surface area contributed by atoms with Crippen LogP contribution in [0.4, 0.5) is 0 Å². The number of rotatable bonds is 8. The van der Waals surface area contributed by atoms with E-state index >= 15 is 0 Å². The first-order valence-corrected chi connectivity index (χ1v) is 9.56. The molecular formula is C22H26N4O3. The van der Waals surface area contributed by atoms with Crippen LogP contribution in [0.25, 0.3) is 10.9 Å². The molecule has 3 aromatic rings. The highest BCUT2D eigenvalue weighted by molar-refractivity contribution is 5.81.